The van der Waals surface area contributed by atoms with Gasteiger partial charge in [-0.1, -0.05) is 34.8 Å². The summed E-state index contributed by atoms with van der Waals surface area (Å²) < 4.78 is 16.4. The predicted molar refractivity (Wildman–Crippen MR) is 82.5 cm³/mol. The van der Waals surface area contributed by atoms with Gasteiger partial charge in [0.25, 0.3) is 0 Å². The van der Waals surface area contributed by atoms with Crippen molar-refractivity contribution in [1.82, 2.24) is 9.78 Å². The van der Waals surface area contributed by atoms with Crippen LogP contribution in [0.15, 0.2) is 34.9 Å². The van der Waals surface area contributed by atoms with E-state index in [0.717, 1.165) is 5.69 Å². The van der Waals surface area contributed by atoms with Crippen LogP contribution in [0.5, 0.6) is 0 Å². The van der Waals surface area contributed by atoms with Crippen LogP contribution >= 0.6 is 15.9 Å². The molecular formula is C16H18BrFN2O. The van der Waals surface area contributed by atoms with Gasteiger partial charge >= 0.3 is 0 Å². The topological polar surface area (TPSA) is 38.0 Å². The van der Waals surface area contributed by atoms with Gasteiger partial charge in [0, 0.05) is 22.7 Å². The van der Waals surface area contributed by atoms with E-state index in [1.807, 2.05) is 16.9 Å². The molecule has 21 heavy (non-hydrogen) atoms. The number of benzene rings is 1. The Morgan fingerprint density at radius 3 is 2.81 bits per heavy atom. The molecule has 1 aliphatic carbocycles. The first kappa shape index (κ1) is 14.7. The van der Waals surface area contributed by atoms with Gasteiger partial charge in [0.1, 0.15) is 5.82 Å². The molecule has 1 aromatic carbocycles. The summed E-state index contributed by atoms with van der Waals surface area (Å²) >= 11 is 3.29. The zero-order valence-electron chi connectivity index (χ0n) is 11.7. The Bertz CT molecular complexity index is 602. The van der Waals surface area contributed by atoms with E-state index < -0.39 is 11.9 Å². The number of aliphatic hydroxyl groups excluding tert-OH is 1. The summed E-state index contributed by atoms with van der Waals surface area (Å²) in [6, 6.07) is 7.11. The highest BCUT2D eigenvalue weighted by Gasteiger charge is 2.20. The Balaban J connectivity index is 1.74. The van der Waals surface area contributed by atoms with E-state index in [1.54, 1.807) is 12.1 Å². The second-order valence-electron chi connectivity index (χ2n) is 5.58. The Morgan fingerprint density at radius 1 is 1.33 bits per heavy atom. The van der Waals surface area contributed by atoms with E-state index >= 15 is 0 Å². The minimum atomic E-state index is -0.896. The molecule has 1 fully saturated rings. The van der Waals surface area contributed by atoms with Crippen molar-refractivity contribution in [3.8, 4) is 0 Å². The standard InChI is InChI=1S/C16H18BrFN2O/c17-13-6-3-7-14(18)16(13)15(21)10-11-8-9-20(19-11)12-4-1-2-5-12/h3,6-9,12,15,21H,1-2,4-5,10H2. The van der Waals surface area contributed by atoms with Crippen molar-refractivity contribution >= 4 is 15.9 Å². The molecule has 1 saturated carbocycles. The zero-order valence-corrected chi connectivity index (χ0v) is 13.3. The Hall–Kier alpha value is -1.20. The third-order valence-corrected chi connectivity index (χ3v) is 4.79. The van der Waals surface area contributed by atoms with Gasteiger partial charge in [0.05, 0.1) is 17.8 Å². The molecule has 1 N–H and O–H groups in total. The van der Waals surface area contributed by atoms with Crippen molar-refractivity contribution in [1.29, 1.82) is 0 Å². The lowest BCUT2D eigenvalue weighted by Crippen LogP contribution is -2.08. The summed E-state index contributed by atoms with van der Waals surface area (Å²) in [7, 11) is 0. The molecule has 0 bridgehead atoms. The maximum atomic E-state index is 13.8. The Kier molecular flexibility index (Phi) is 4.40. The van der Waals surface area contributed by atoms with E-state index in [9.17, 15) is 9.50 Å². The Morgan fingerprint density at radius 2 is 2.10 bits per heavy atom. The van der Waals surface area contributed by atoms with E-state index in [0.29, 0.717) is 22.5 Å². The van der Waals surface area contributed by atoms with Crippen molar-refractivity contribution in [3.05, 3.63) is 52.0 Å². The molecule has 0 aliphatic heterocycles. The number of aliphatic hydroxyl groups is 1. The number of hydrogen-bond acceptors (Lipinski definition) is 2. The minimum absolute atomic E-state index is 0.299. The fourth-order valence-corrected chi connectivity index (χ4v) is 3.59. The van der Waals surface area contributed by atoms with Gasteiger partial charge < -0.3 is 5.11 Å². The van der Waals surface area contributed by atoms with Gasteiger partial charge in [-0.25, -0.2) is 4.39 Å². The first-order valence-electron chi connectivity index (χ1n) is 7.31. The lowest BCUT2D eigenvalue weighted by Gasteiger charge is -2.13. The van der Waals surface area contributed by atoms with Crippen LogP contribution in [0, 0.1) is 5.82 Å². The molecule has 3 rings (SSSR count). The summed E-state index contributed by atoms with van der Waals surface area (Å²) in [6.45, 7) is 0. The van der Waals surface area contributed by atoms with E-state index in [-0.39, 0.29) is 0 Å². The molecule has 0 radical (unpaired) electrons. The lowest BCUT2D eigenvalue weighted by molar-refractivity contribution is 0.171. The quantitative estimate of drug-likeness (QED) is 0.896. The summed E-state index contributed by atoms with van der Waals surface area (Å²) in [5.74, 6) is -0.396. The van der Waals surface area contributed by atoms with Crippen LogP contribution < -0.4 is 0 Å². The highest BCUT2D eigenvalue weighted by Crippen LogP contribution is 2.30. The van der Waals surface area contributed by atoms with E-state index in [2.05, 4.69) is 21.0 Å². The highest BCUT2D eigenvalue weighted by atomic mass is 79.9. The van der Waals surface area contributed by atoms with Crippen LogP contribution in [0.1, 0.15) is 49.1 Å². The number of aromatic nitrogens is 2. The molecule has 1 atom stereocenters. The summed E-state index contributed by atoms with van der Waals surface area (Å²) in [6.07, 6.45) is 6.24. The van der Waals surface area contributed by atoms with E-state index in [4.69, 9.17) is 0 Å². The fraction of sp³-hybridized carbons (Fsp3) is 0.438. The molecule has 1 heterocycles. The third kappa shape index (κ3) is 3.19. The summed E-state index contributed by atoms with van der Waals surface area (Å²) in [5.41, 5.74) is 1.09. The van der Waals surface area contributed by atoms with Crippen LogP contribution in [0.25, 0.3) is 0 Å². The second kappa shape index (κ2) is 6.28. The first-order chi connectivity index (χ1) is 10.1. The molecule has 5 heteroatoms. The smallest absolute Gasteiger partial charge is 0.130 e. The molecule has 0 amide bonds. The van der Waals surface area contributed by atoms with Crippen LogP contribution in [-0.2, 0) is 6.42 Å². The molecule has 1 unspecified atom stereocenters. The van der Waals surface area contributed by atoms with Crippen LogP contribution in [0.2, 0.25) is 0 Å². The summed E-state index contributed by atoms with van der Waals surface area (Å²) in [4.78, 5) is 0. The average Bonchev–Trinajstić information content (AvgIpc) is 3.08. The van der Waals surface area contributed by atoms with Crippen LogP contribution in [0.3, 0.4) is 0 Å². The van der Waals surface area contributed by atoms with Gasteiger partial charge in [0.15, 0.2) is 0 Å². The predicted octanol–water partition coefficient (Wildman–Crippen LogP) is 4.18. The average molecular weight is 353 g/mol. The number of halogens is 2. The molecule has 1 aliphatic rings. The molecule has 2 aromatic rings. The first-order valence-corrected chi connectivity index (χ1v) is 8.10. The van der Waals surface area contributed by atoms with Crippen molar-refractivity contribution in [2.24, 2.45) is 0 Å². The molecule has 0 spiro atoms. The van der Waals surface area contributed by atoms with E-state index in [1.165, 1.54) is 31.7 Å². The van der Waals surface area contributed by atoms with Crippen molar-refractivity contribution < 1.29 is 9.50 Å². The molecule has 1 aromatic heterocycles. The number of rotatable bonds is 4. The highest BCUT2D eigenvalue weighted by molar-refractivity contribution is 9.10. The largest absolute Gasteiger partial charge is 0.388 e. The molecular weight excluding hydrogens is 335 g/mol. The van der Waals surface area contributed by atoms with Gasteiger partial charge in [-0.3, -0.25) is 4.68 Å². The van der Waals surface area contributed by atoms with Crippen molar-refractivity contribution in [3.63, 3.8) is 0 Å². The molecule has 0 saturated heterocycles. The minimum Gasteiger partial charge on any atom is -0.388 e. The lowest BCUT2D eigenvalue weighted by atomic mass is 10.0. The normalized spacial score (nSPS) is 17.3. The second-order valence-corrected chi connectivity index (χ2v) is 6.43. The van der Waals surface area contributed by atoms with Gasteiger partial charge in [-0.2, -0.15) is 5.10 Å². The SMILES string of the molecule is OC(Cc1ccn(C2CCCC2)n1)c1c(F)cccc1Br. The number of hydrogen-bond donors (Lipinski definition) is 1. The van der Waals surface area contributed by atoms with Gasteiger partial charge in [-0.05, 0) is 31.0 Å². The van der Waals surface area contributed by atoms with Crippen LogP contribution in [0.4, 0.5) is 4.39 Å². The van der Waals surface area contributed by atoms with Crippen LogP contribution in [-0.4, -0.2) is 14.9 Å². The maximum absolute atomic E-state index is 13.8. The summed E-state index contributed by atoms with van der Waals surface area (Å²) in [5, 5.41) is 14.8. The van der Waals surface area contributed by atoms with Gasteiger partial charge in [0.2, 0.25) is 0 Å². The zero-order chi connectivity index (χ0) is 14.8. The maximum Gasteiger partial charge on any atom is 0.130 e. The van der Waals surface area contributed by atoms with Gasteiger partial charge in [-0.15, -0.1) is 0 Å². The Labute approximate surface area is 131 Å². The van der Waals surface area contributed by atoms with Crippen molar-refractivity contribution in [2.45, 2.75) is 44.2 Å². The molecule has 112 valence electrons. The molecule has 3 nitrogen and oxygen atoms in total. The van der Waals surface area contributed by atoms with Crippen molar-refractivity contribution in [2.75, 3.05) is 0 Å². The third-order valence-electron chi connectivity index (χ3n) is 4.10. The monoisotopic (exact) mass is 352 g/mol. The number of nitrogens with zero attached hydrogens (tertiary/aromatic N) is 2. The fourth-order valence-electron chi connectivity index (χ4n) is 2.99.